The van der Waals surface area contributed by atoms with Gasteiger partial charge in [0, 0.05) is 17.8 Å². The van der Waals surface area contributed by atoms with Crippen LogP contribution in [0.25, 0.3) is 55.3 Å². The molecule has 1 spiro atoms. The quantitative estimate of drug-likeness (QED) is 0.177. The first-order valence-corrected chi connectivity index (χ1v) is 19.3. The first-order valence-electron chi connectivity index (χ1n) is 19.3. The largest absolute Gasteiger partial charge is 0.310 e. The van der Waals surface area contributed by atoms with Gasteiger partial charge in [0.25, 0.3) is 0 Å². The Morgan fingerprint density at radius 2 is 0.836 bits per heavy atom. The summed E-state index contributed by atoms with van der Waals surface area (Å²) in [5.74, 6) is 0. The monoisotopic (exact) mass is 697 g/mol. The van der Waals surface area contributed by atoms with E-state index in [2.05, 4.69) is 205 Å². The van der Waals surface area contributed by atoms with Crippen LogP contribution in [0.1, 0.15) is 33.4 Å². The second-order valence-corrected chi connectivity index (χ2v) is 15.2. The van der Waals surface area contributed by atoms with Gasteiger partial charge in [0.2, 0.25) is 0 Å². The van der Waals surface area contributed by atoms with Gasteiger partial charge in [0.1, 0.15) is 0 Å². The average molecular weight is 698 g/mol. The van der Waals surface area contributed by atoms with Crippen LogP contribution in [0.3, 0.4) is 0 Å². The van der Waals surface area contributed by atoms with Gasteiger partial charge >= 0.3 is 0 Å². The van der Waals surface area contributed by atoms with E-state index in [1.54, 1.807) is 0 Å². The minimum Gasteiger partial charge on any atom is -0.310 e. The van der Waals surface area contributed by atoms with Crippen LogP contribution in [-0.2, 0) is 11.8 Å². The SMILES string of the molecule is c1ccc(-c2cccc3c2Cc2c-3cccc2N(c2ccc3c(c2)C2(c4ccccc4-c4ccccc42)c2ccccc2-3)c2ccc3ccccc3c2)cc1. The predicted molar refractivity (Wildman–Crippen MR) is 229 cm³/mol. The summed E-state index contributed by atoms with van der Waals surface area (Å²) in [5.41, 5.74) is 21.8. The van der Waals surface area contributed by atoms with Gasteiger partial charge in [-0.2, -0.15) is 0 Å². The molecule has 55 heavy (non-hydrogen) atoms. The summed E-state index contributed by atoms with van der Waals surface area (Å²) in [6, 6.07) is 74.7. The molecule has 9 aromatic rings. The number of fused-ring (bicyclic) bond motifs is 14. The number of benzene rings is 9. The normalized spacial score (nSPS) is 13.5. The molecule has 0 amide bonds. The molecule has 1 nitrogen and oxygen atoms in total. The summed E-state index contributed by atoms with van der Waals surface area (Å²) in [4.78, 5) is 2.53. The van der Waals surface area contributed by atoms with Crippen molar-refractivity contribution in [3.63, 3.8) is 0 Å². The summed E-state index contributed by atoms with van der Waals surface area (Å²) < 4.78 is 0. The van der Waals surface area contributed by atoms with Crippen molar-refractivity contribution in [2.75, 3.05) is 4.90 Å². The van der Waals surface area contributed by atoms with Crippen molar-refractivity contribution in [3.05, 3.63) is 234 Å². The van der Waals surface area contributed by atoms with Crippen molar-refractivity contribution in [2.45, 2.75) is 11.8 Å². The van der Waals surface area contributed by atoms with Crippen molar-refractivity contribution >= 4 is 27.8 Å². The van der Waals surface area contributed by atoms with Crippen LogP contribution in [-0.4, -0.2) is 0 Å². The third kappa shape index (κ3) is 4.18. The third-order valence-electron chi connectivity index (χ3n) is 12.5. The fraction of sp³-hybridized carbons (Fsp3) is 0.0370. The van der Waals surface area contributed by atoms with E-state index in [1.165, 1.54) is 94.3 Å². The summed E-state index contributed by atoms with van der Waals surface area (Å²) in [5, 5.41) is 2.47. The van der Waals surface area contributed by atoms with E-state index >= 15 is 0 Å². The fourth-order valence-electron chi connectivity index (χ4n) is 10.3. The Morgan fingerprint density at radius 1 is 0.327 bits per heavy atom. The predicted octanol–water partition coefficient (Wildman–Crippen LogP) is 13.9. The minimum atomic E-state index is -0.413. The molecule has 0 atom stereocenters. The van der Waals surface area contributed by atoms with Gasteiger partial charge in [-0.05, 0) is 119 Å². The average Bonchev–Trinajstić information content (AvgIpc) is 3.89. The molecule has 9 aromatic carbocycles. The van der Waals surface area contributed by atoms with Crippen LogP contribution in [0.5, 0.6) is 0 Å². The van der Waals surface area contributed by atoms with Crippen LogP contribution in [0.15, 0.2) is 200 Å². The zero-order valence-corrected chi connectivity index (χ0v) is 30.2. The van der Waals surface area contributed by atoms with Crippen LogP contribution >= 0.6 is 0 Å². The van der Waals surface area contributed by atoms with E-state index in [0.29, 0.717) is 0 Å². The number of hydrogen-bond acceptors (Lipinski definition) is 1. The Kier molecular flexibility index (Phi) is 6.39. The number of nitrogens with zero attached hydrogens (tertiary/aromatic N) is 1. The van der Waals surface area contributed by atoms with E-state index in [-0.39, 0.29) is 0 Å². The maximum absolute atomic E-state index is 2.53. The molecule has 0 bridgehead atoms. The molecule has 0 N–H and O–H groups in total. The van der Waals surface area contributed by atoms with Crippen LogP contribution in [0.4, 0.5) is 17.1 Å². The molecule has 0 aliphatic heterocycles. The highest BCUT2D eigenvalue weighted by atomic mass is 15.1. The van der Waals surface area contributed by atoms with Gasteiger partial charge in [-0.3, -0.25) is 0 Å². The second kappa shape index (κ2) is 11.5. The van der Waals surface area contributed by atoms with Crippen molar-refractivity contribution in [1.29, 1.82) is 0 Å². The molecule has 3 aliphatic carbocycles. The topological polar surface area (TPSA) is 3.24 Å². The molecular formula is C54H35N. The molecular weight excluding hydrogens is 663 g/mol. The number of rotatable bonds is 4. The lowest BCUT2D eigenvalue weighted by Crippen LogP contribution is -2.26. The molecule has 256 valence electrons. The highest BCUT2D eigenvalue weighted by Gasteiger charge is 2.51. The Bertz CT molecular complexity index is 2960. The maximum atomic E-state index is 2.53. The molecule has 0 radical (unpaired) electrons. The van der Waals surface area contributed by atoms with Gasteiger partial charge in [-0.1, -0.05) is 170 Å². The van der Waals surface area contributed by atoms with Crippen LogP contribution in [0, 0.1) is 0 Å². The van der Waals surface area contributed by atoms with E-state index in [0.717, 1.165) is 17.8 Å². The lowest BCUT2D eigenvalue weighted by molar-refractivity contribution is 0.793. The summed E-state index contributed by atoms with van der Waals surface area (Å²) in [6.07, 6.45) is 0.872. The minimum absolute atomic E-state index is 0.413. The number of hydrogen-bond donors (Lipinski definition) is 0. The molecule has 0 heterocycles. The second-order valence-electron chi connectivity index (χ2n) is 15.2. The zero-order valence-electron chi connectivity index (χ0n) is 30.2. The fourth-order valence-corrected chi connectivity index (χ4v) is 10.3. The molecule has 0 unspecified atom stereocenters. The first-order chi connectivity index (χ1) is 27.3. The Hall–Kier alpha value is -6.96. The third-order valence-corrected chi connectivity index (χ3v) is 12.5. The number of anilines is 3. The lowest BCUT2D eigenvalue weighted by Gasteiger charge is -2.32. The Labute approximate surface area is 321 Å². The van der Waals surface area contributed by atoms with Gasteiger partial charge in [0.05, 0.1) is 11.1 Å². The van der Waals surface area contributed by atoms with Gasteiger partial charge in [-0.25, -0.2) is 0 Å². The van der Waals surface area contributed by atoms with Crippen molar-refractivity contribution in [2.24, 2.45) is 0 Å². The van der Waals surface area contributed by atoms with Crippen LogP contribution in [0.2, 0.25) is 0 Å². The van der Waals surface area contributed by atoms with E-state index in [1.807, 2.05) is 0 Å². The van der Waals surface area contributed by atoms with Crippen molar-refractivity contribution in [1.82, 2.24) is 0 Å². The first kappa shape index (κ1) is 30.5. The van der Waals surface area contributed by atoms with Crippen molar-refractivity contribution in [3.8, 4) is 44.5 Å². The smallest absolute Gasteiger partial charge is 0.0726 e. The molecule has 0 aromatic heterocycles. The molecule has 0 fully saturated rings. The maximum Gasteiger partial charge on any atom is 0.0726 e. The molecule has 0 saturated carbocycles. The highest BCUT2D eigenvalue weighted by molar-refractivity contribution is 5.98. The Balaban J connectivity index is 1.11. The molecule has 1 heteroatoms. The summed E-state index contributed by atoms with van der Waals surface area (Å²) in [6.45, 7) is 0. The van der Waals surface area contributed by atoms with Gasteiger partial charge in [-0.15, -0.1) is 0 Å². The van der Waals surface area contributed by atoms with E-state index in [4.69, 9.17) is 0 Å². The van der Waals surface area contributed by atoms with Crippen LogP contribution < -0.4 is 4.90 Å². The molecule has 12 rings (SSSR count). The van der Waals surface area contributed by atoms with Gasteiger partial charge < -0.3 is 4.90 Å². The summed E-state index contributed by atoms with van der Waals surface area (Å²) >= 11 is 0. The Morgan fingerprint density at radius 3 is 1.55 bits per heavy atom. The summed E-state index contributed by atoms with van der Waals surface area (Å²) in [7, 11) is 0. The van der Waals surface area contributed by atoms with Gasteiger partial charge in [0.15, 0.2) is 0 Å². The standard InChI is InChI=1S/C54H35N/c1-2-15-36(16-3-1)40-21-12-22-41-42-23-13-27-53(48(42)34-47(40)41)55(38-29-28-35-14-4-5-17-37(35)32-38)39-30-31-46-45-20-8-11-26-51(45)54(52(46)33-39)49-24-9-6-18-43(49)44-19-7-10-25-50(44)54/h1-33H,34H2. The van der Waals surface area contributed by atoms with Crippen molar-refractivity contribution < 1.29 is 0 Å². The zero-order chi connectivity index (χ0) is 36.1. The van der Waals surface area contributed by atoms with E-state index < -0.39 is 5.41 Å². The lowest BCUT2D eigenvalue weighted by atomic mass is 9.70. The van der Waals surface area contributed by atoms with E-state index in [9.17, 15) is 0 Å². The molecule has 3 aliphatic rings. The molecule has 0 saturated heterocycles. The highest BCUT2D eigenvalue weighted by Crippen LogP contribution is 2.63.